The van der Waals surface area contributed by atoms with Crippen LogP contribution in [-0.2, 0) is 12.8 Å². The lowest BCUT2D eigenvalue weighted by Gasteiger charge is -2.16. The lowest BCUT2D eigenvalue weighted by molar-refractivity contribution is 0.477. The summed E-state index contributed by atoms with van der Waals surface area (Å²) >= 11 is 5.23. The predicted molar refractivity (Wildman–Crippen MR) is 85.7 cm³/mol. The van der Waals surface area contributed by atoms with E-state index in [9.17, 15) is 0 Å². The van der Waals surface area contributed by atoms with E-state index in [0.29, 0.717) is 5.92 Å². The zero-order valence-corrected chi connectivity index (χ0v) is 13.5. The van der Waals surface area contributed by atoms with Gasteiger partial charge in [0.05, 0.1) is 5.01 Å². The maximum absolute atomic E-state index is 4.40. The Hall–Kier alpha value is -0.710. The molecule has 2 nitrogen and oxygen atoms in total. The zero-order valence-electron chi connectivity index (χ0n) is 11.1. The minimum Gasteiger partial charge on any atom is -0.317 e. The van der Waals surface area contributed by atoms with Crippen molar-refractivity contribution in [1.82, 2.24) is 10.3 Å². The summed E-state index contributed by atoms with van der Waals surface area (Å²) in [5.41, 5.74) is 1.39. The average Bonchev–Trinajstić information content (AvgIpc) is 2.91. The highest BCUT2D eigenvalue weighted by Crippen LogP contribution is 2.18. The first-order valence-electron chi connectivity index (χ1n) is 6.61. The third-order valence-electron chi connectivity index (χ3n) is 3.07. The second-order valence-electron chi connectivity index (χ2n) is 4.63. The molecule has 0 fully saturated rings. The Labute approximate surface area is 127 Å². The molecule has 0 saturated heterocycles. The molecule has 0 saturated carbocycles. The molecule has 0 aliphatic carbocycles. The summed E-state index contributed by atoms with van der Waals surface area (Å²) in [5, 5.41) is 6.75. The van der Waals surface area contributed by atoms with Crippen LogP contribution in [0.2, 0.25) is 0 Å². The molecule has 102 valence electrons. The highest BCUT2D eigenvalue weighted by molar-refractivity contribution is 9.10. The van der Waals surface area contributed by atoms with Gasteiger partial charge in [-0.15, -0.1) is 11.3 Å². The smallest absolute Gasteiger partial charge is 0.0928 e. The SMILES string of the molecule is CCNCC(Cc1ccc(Br)cc1)Cc1nccs1. The van der Waals surface area contributed by atoms with E-state index in [-0.39, 0.29) is 0 Å². The number of thiazole rings is 1. The van der Waals surface area contributed by atoms with E-state index in [1.165, 1.54) is 10.6 Å². The summed E-state index contributed by atoms with van der Waals surface area (Å²) in [4.78, 5) is 4.40. The number of nitrogens with zero attached hydrogens (tertiary/aromatic N) is 1. The normalized spacial score (nSPS) is 12.5. The van der Waals surface area contributed by atoms with Gasteiger partial charge in [-0.05, 0) is 43.1 Å². The van der Waals surface area contributed by atoms with E-state index in [0.717, 1.165) is 30.4 Å². The Morgan fingerprint density at radius 2 is 2.05 bits per heavy atom. The Balaban J connectivity index is 1.98. The molecule has 1 aromatic carbocycles. The molecule has 0 aliphatic rings. The molecule has 1 aromatic heterocycles. The minimum absolute atomic E-state index is 0.604. The zero-order chi connectivity index (χ0) is 13.5. The van der Waals surface area contributed by atoms with Crippen molar-refractivity contribution in [2.75, 3.05) is 13.1 Å². The lowest BCUT2D eigenvalue weighted by Crippen LogP contribution is -2.25. The molecule has 0 bridgehead atoms. The number of nitrogens with one attached hydrogen (secondary N) is 1. The summed E-state index contributed by atoms with van der Waals surface area (Å²) in [6.07, 6.45) is 4.05. The third-order valence-corrected chi connectivity index (χ3v) is 4.40. The Bertz CT molecular complexity index is 467. The van der Waals surface area contributed by atoms with Crippen molar-refractivity contribution in [2.45, 2.75) is 19.8 Å². The van der Waals surface area contributed by atoms with Gasteiger partial charge in [0.15, 0.2) is 0 Å². The number of benzene rings is 1. The third kappa shape index (κ3) is 5.05. The van der Waals surface area contributed by atoms with E-state index in [1.807, 2.05) is 6.20 Å². The molecule has 2 aromatic rings. The summed E-state index contributed by atoms with van der Waals surface area (Å²) in [6.45, 7) is 4.22. The van der Waals surface area contributed by atoms with Crippen LogP contribution in [0.3, 0.4) is 0 Å². The van der Waals surface area contributed by atoms with Gasteiger partial charge in [-0.25, -0.2) is 4.98 Å². The second-order valence-corrected chi connectivity index (χ2v) is 6.53. The second kappa shape index (κ2) is 7.78. The first kappa shape index (κ1) is 14.7. The van der Waals surface area contributed by atoms with Crippen LogP contribution < -0.4 is 5.32 Å². The molecule has 0 radical (unpaired) electrons. The largest absolute Gasteiger partial charge is 0.317 e. The molecule has 19 heavy (non-hydrogen) atoms. The van der Waals surface area contributed by atoms with Gasteiger partial charge in [0.2, 0.25) is 0 Å². The fourth-order valence-corrected chi connectivity index (χ4v) is 3.12. The van der Waals surface area contributed by atoms with E-state index in [4.69, 9.17) is 0 Å². The van der Waals surface area contributed by atoms with Crippen molar-refractivity contribution >= 4 is 27.3 Å². The summed E-state index contributed by atoms with van der Waals surface area (Å²) in [6, 6.07) is 8.63. The van der Waals surface area contributed by atoms with Crippen molar-refractivity contribution in [2.24, 2.45) is 5.92 Å². The summed E-state index contributed by atoms with van der Waals surface area (Å²) in [5.74, 6) is 0.604. The van der Waals surface area contributed by atoms with Crippen LogP contribution in [0.15, 0.2) is 40.3 Å². The predicted octanol–water partition coefficient (Wildman–Crippen LogP) is 3.92. The number of rotatable bonds is 7. The van der Waals surface area contributed by atoms with Crippen LogP contribution in [0, 0.1) is 5.92 Å². The van der Waals surface area contributed by atoms with Crippen LogP contribution in [0.5, 0.6) is 0 Å². The Morgan fingerprint density at radius 1 is 1.26 bits per heavy atom. The molecule has 0 amide bonds. The highest BCUT2D eigenvalue weighted by atomic mass is 79.9. The first-order chi connectivity index (χ1) is 9.28. The van der Waals surface area contributed by atoms with Gasteiger partial charge in [-0.1, -0.05) is 35.0 Å². The van der Waals surface area contributed by atoms with Crippen LogP contribution >= 0.6 is 27.3 Å². The molecule has 4 heteroatoms. The van der Waals surface area contributed by atoms with E-state index in [2.05, 4.69) is 62.8 Å². The maximum atomic E-state index is 4.40. The maximum Gasteiger partial charge on any atom is 0.0928 e. The molecular weight excluding hydrogens is 320 g/mol. The minimum atomic E-state index is 0.604. The topological polar surface area (TPSA) is 24.9 Å². The quantitative estimate of drug-likeness (QED) is 0.827. The summed E-state index contributed by atoms with van der Waals surface area (Å²) in [7, 11) is 0. The molecule has 0 spiro atoms. The van der Waals surface area contributed by atoms with Crippen molar-refractivity contribution in [3.63, 3.8) is 0 Å². The van der Waals surface area contributed by atoms with Gasteiger partial charge in [0.25, 0.3) is 0 Å². The number of aromatic nitrogens is 1. The molecule has 1 N–H and O–H groups in total. The van der Waals surface area contributed by atoms with Gasteiger partial charge in [0.1, 0.15) is 0 Å². The van der Waals surface area contributed by atoms with E-state index < -0.39 is 0 Å². The molecule has 0 aliphatic heterocycles. The number of hydrogen-bond acceptors (Lipinski definition) is 3. The van der Waals surface area contributed by atoms with Gasteiger partial charge < -0.3 is 5.32 Å². The fraction of sp³-hybridized carbons (Fsp3) is 0.400. The highest BCUT2D eigenvalue weighted by Gasteiger charge is 2.12. The molecule has 1 atom stereocenters. The van der Waals surface area contributed by atoms with E-state index >= 15 is 0 Å². The van der Waals surface area contributed by atoms with Crippen LogP contribution in [0.4, 0.5) is 0 Å². The number of halogens is 1. The number of hydrogen-bond donors (Lipinski definition) is 1. The van der Waals surface area contributed by atoms with Gasteiger partial charge in [-0.3, -0.25) is 0 Å². The standard InChI is InChI=1S/C15H19BrN2S/c1-2-17-11-13(10-15-18-7-8-19-15)9-12-3-5-14(16)6-4-12/h3-8,13,17H,2,9-11H2,1H3. The van der Waals surface area contributed by atoms with Crippen molar-refractivity contribution < 1.29 is 0 Å². The van der Waals surface area contributed by atoms with Gasteiger partial charge in [-0.2, -0.15) is 0 Å². The van der Waals surface area contributed by atoms with Crippen LogP contribution in [0.25, 0.3) is 0 Å². The summed E-state index contributed by atoms with van der Waals surface area (Å²) < 4.78 is 1.14. The molecular formula is C15H19BrN2S. The molecule has 1 unspecified atom stereocenters. The average molecular weight is 339 g/mol. The Kier molecular flexibility index (Phi) is 6.01. The van der Waals surface area contributed by atoms with Gasteiger partial charge in [0, 0.05) is 22.5 Å². The first-order valence-corrected chi connectivity index (χ1v) is 8.28. The Morgan fingerprint density at radius 3 is 2.68 bits per heavy atom. The van der Waals surface area contributed by atoms with Crippen molar-refractivity contribution in [3.8, 4) is 0 Å². The molecule has 2 rings (SSSR count). The molecule has 1 heterocycles. The van der Waals surface area contributed by atoms with E-state index in [1.54, 1.807) is 11.3 Å². The van der Waals surface area contributed by atoms with Crippen molar-refractivity contribution in [3.05, 3.63) is 50.9 Å². The fourth-order valence-electron chi connectivity index (χ4n) is 2.12. The monoisotopic (exact) mass is 338 g/mol. The van der Waals surface area contributed by atoms with Crippen LogP contribution in [-0.4, -0.2) is 18.1 Å². The lowest BCUT2D eigenvalue weighted by atomic mass is 9.96. The van der Waals surface area contributed by atoms with Crippen molar-refractivity contribution in [1.29, 1.82) is 0 Å². The van der Waals surface area contributed by atoms with Gasteiger partial charge >= 0.3 is 0 Å². The van der Waals surface area contributed by atoms with Crippen LogP contribution in [0.1, 0.15) is 17.5 Å².